The molecule has 0 N–H and O–H groups in total. The number of rotatable bonds is 3. The standard InChI is InChI=1S/C14H14BrNO4S/c1-11-4-6-13(7-5-11)21(18,19)16-9-12(3-2-8-15)20-14(17)10-16/h3-8,12H,9-10H2,1H3/t2?,12-/m1/s1. The lowest BCUT2D eigenvalue weighted by molar-refractivity contribution is -0.152. The molecule has 0 aromatic heterocycles. The number of morpholine rings is 1. The van der Waals surface area contributed by atoms with Gasteiger partial charge in [0.05, 0.1) is 11.4 Å². The van der Waals surface area contributed by atoms with Crippen LogP contribution in [0.4, 0.5) is 0 Å². The topological polar surface area (TPSA) is 63.7 Å². The molecule has 5 nitrogen and oxygen atoms in total. The first kappa shape index (κ1) is 16.0. The molecule has 0 spiro atoms. The SMILES string of the molecule is Cc1ccc(S(=O)(=O)N2CC(=O)O[C@H](C=C=CBr)C2)cc1. The maximum Gasteiger partial charge on any atom is 0.321 e. The minimum absolute atomic E-state index is 0.0792. The second kappa shape index (κ2) is 6.58. The van der Waals surface area contributed by atoms with Crippen LogP contribution in [0, 0.1) is 6.92 Å². The molecule has 0 unspecified atom stereocenters. The van der Waals surface area contributed by atoms with Crippen molar-refractivity contribution in [2.75, 3.05) is 13.1 Å². The molecule has 1 aromatic rings. The van der Waals surface area contributed by atoms with Crippen molar-refractivity contribution in [3.05, 3.63) is 46.6 Å². The van der Waals surface area contributed by atoms with Crippen LogP contribution < -0.4 is 0 Å². The van der Waals surface area contributed by atoms with E-state index in [0.717, 1.165) is 9.87 Å². The number of carbonyl (C=O) groups is 1. The van der Waals surface area contributed by atoms with Gasteiger partial charge < -0.3 is 4.74 Å². The molecule has 2 rings (SSSR count). The second-order valence-corrected chi connectivity index (χ2v) is 6.98. The van der Waals surface area contributed by atoms with E-state index in [9.17, 15) is 13.2 Å². The average molecular weight is 372 g/mol. The molecule has 0 saturated carbocycles. The highest BCUT2D eigenvalue weighted by Crippen LogP contribution is 2.20. The van der Waals surface area contributed by atoms with Crippen LogP contribution in [-0.2, 0) is 19.6 Å². The van der Waals surface area contributed by atoms with Crippen molar-refractivity contribution < 1.29 is 17.9 Å². The number of carbonyl (C=O) groups excluding carboxylic acids is 1. The summed E-state index contributed by atoms with van der Waals surface area (Å²) < 4.78 is 31.3. The van der Waals surface area contributed by atoms with Crippen molar-refractivity contribution in [1.29, 1.82) is 0 Å². The minimum atomic E-state index is -3.71. The molecular weight excluding hydrogens is 358 g/mol. The average Bonchev–Trinajstić information content (AvgIpc) is 2.45. The van der Waals surface area contributed by atoms with Crippen LogP contribution in [0.15, 0.2) is 46.0 Å². The monoisotopic (exact) mass is 371 g/mol. The van der Waals surface area contributed by atoms with Gasteiger partial charge in [-0.3, -0.25) is 4.79 Å². The smallest absolute Gasteiger partial charge is 0.321 e. The molecule has 21 heavy (non-hydrogen) atoms. The van der Waals surface area contributed by atoms with Crippen LogP contribution in [0.3, 0.4) is 0 Å². The van der Waals surface area contributed by atoms with Gasteiger partial charge in [0.25, 0.3) is 0 Å². The van der Waals surface area contributed by atoms with Gasteiger partial charge in [0, 0.05) is 11.1 Å². The van der Waals surface area contributed by atoms with E-state index in [1.54, 1.807) is 12.1 Å². The highest BCUT2D eigenvalue weighted by Gasteiger charge is 2.34. The van der Waals surface area contributed by atoms with Crippen LogP contribution in [0.5, 0.6) is 0 Å². The van der Waals surface area contributed by atoms with Crippen LogP contribution >= 0.6 is 15.9 Å². The number of aryl methyl sites for hydroxylation is 1. The summed E-state index contributed by atoms with van der Waals surface area (Å²) in [6.07, 6.45) is 0.865. The van der Waals surface area contributed by atoms with Gasteiger partial charge >= 0.3 is 5.97 Å². The number of ether oxygens (including phenoxy) is 1. The zero-order valence-corrected chi connectivity index (χ0v) is 13.7. The van der Waals surface area contributed by atoms with E-state index in [4.69, 9.17) is 4.74 Å². The maximum atomic E-state index is 12.5. The van der Waals surface area contributed by atoms with Crippen molar-refractivity contribution >= 4 is 31.9 Å². The summed E-state index contributed by atoms with van der Waals surface area (Å²) in [7, 11) is -3.71. The highest BCUT2D eigenvalue weighted by atomic mass is 79.9. The van der Waals surface area contributed by atoms with E-state index < -0.39 is 22.1 Å². The van der Waals surface area contributed by atoms with Gasteiger partial charge in [-0.1, -0.05) is 33.6 Å². The third-order valence-electron chi connectivity index (χ3n) is 2.98. The third-order valence-corrected chi connectivity index (χ3v) is 5.07. The summed E-state index contributed by atoms with van der Waals surface area (Å²) in [5.41, 5.74) is 3.69. The second-order valence-electron chi connectivity index (χ2n) is 4.58. The zero-order valence-electron chi connectivity index (χ0n) is 11.3. The molecule has 1 aliphatic rings. The predicted octanol–water partition coefficient (Wildman–Crippen LogP) is 1.97. The van der Waals surface area contributed by atoms with E-state index in [1.807, 2.05) is 6.92 Å². The van der Waals surface area contributed by atoms with E-state index >= 15 is 0 Å². The summed E-state index contributed by atoms with van der Waals surface area (Å²) in [5, 5.41) is 0. The number of hydrogen-bond donors (Lipinski definition) is 0. The van der Waals surface area contributed by atoms with Gasteiger partial charge in [0.2, 0.25) is 10.0 Å². The Morgan fingerprint density at radius 3 is 2.67 bits per heavy atom. The fourth-order valence-electron chi connectivity index (χ4n) is 1.93. The molecule has 7 heteroatoms. The first-order chi connectivity index (χ1) is 9.93. The molecule has 0 aliphatic carbocycles. The summed E-state index contributed by atoms with van der Waals surface area (Å²) in [6.45, 7) is 1.68. The van der Waals surface area contributed by atoms with Crippen molar-refractivity contribution in [2.45, 2.75) is 17.9 Å². The lowest BCUT2D eigenvalue weighted by Crippen LogP contribution is -2.47. The van der Waals surface area contributed by atoms with Crippen molar-refractivity contribution in [3.63, 3.8) is 0 Å². The van der Waals surface area contributed by atoms with Crippen LogP contribution in [0.2, 0.25) is 0 Å². The Balaban J connectivity index is 2.28. The summed E-state index contributed by atoms with van der Waals surface area (Å²) >= 11 is 3.05. The Kier molecular flexibility index (Phi) is 5.00. The molecule has 1 heterocycles. The summed E-state index contributed by atoms with van der Waals surface area (Å²) in [4.78, 5) is 13.2. The van der Waals surface area contributed by atoms with Gasteiger partial charge in [-0.25, -0.2) is 8.42 Å². The minimum Gasteiger partial charge on any atom is -0.455 e. The molecule has 1 aliphatic heterocycles. The summed E-state index contributed by atoms with van der Waals surface area (Å²) in [6, 6.07) is 6.52. The third kappa shape index (κ3) is 3.83. The number of benzene rings is 1. The highest BCUT2D eigenvalue weighted by molar-refractivity contribution is 9.11. The largest absolute Gasteiger partial charge is 0.455 e. The van der Waals surface area contributed by atoms with E-state index in [-0.39, 0.29) is 18.0 Å². The number of hydrogen-bond acceptors (Lipinski definition) is 4. The maximum absolute atomic E-state index is 12.5. The Morgan fingerprint density at radius 2 is 2.05 bits per heavy atom. The normalized spacial score (nSPS) is 19.5. The van der Waals surface area contributed by atoms with Crippen molar-refractivity contribution in [3.8, 4) is 0 Å². The van der Waals surface area contributed by atoms with Crippen LogP contribution in [-0.4, -0.2) is 37.9 Å². The fourth-order valence-corrected chi connectivity index (χ4v) is 3.47. The number of sulfonamides is 1. The molecule has 0 radical (unpaired) electrons. The number of nitrogens with zero attached hydrogens (tertiary/aromatic N) is 1. The molecule has 112 valence electrons. The fraction of sp³-hybridized carbons (Fsp3) is 0.286. The quantitative estimate of drug-likeness (QED) is 0.601. The Labute approximate surface area is 132 Å². The van der Waals surface area contributed by atoms with Gasteiger partial charge in [-0.15, -0.1) is 5.73 Å². The van der Waals surface area contributed by atoms with Gasteiger partial charge in [0.15, 0.2) is 0 Å². The molecule has 1 saturated heterocycles. The Hall–Kier alpha value is -1.40. The van der Waals surface area contributed by atoms with Gasteiger partial charge in [-0.05, 0) is 19.1 Å². The lowest BCUT2D eigenvalue weighted by atomic mass is 10.2. The number of halogens is 1. The summed E-state index contributed by atoms with van der Waals surface area (Å²) in [5.74, 6) is -0.574. The number of esters is 1. The van der Waals surface area contributed by atoms with Crippen LogP contribution in [0.1, 0.15) is 5.56 Å². The first-order valence-corrected chi connectivity index (χ1v) is 8.56. The zero-order chi connectivity index (χ0) is 15.5. The van der Waals surface area contributed by atoms with Gasteiger partial charge in [-0.2, -0.15) is 4.31 Å². The van der Waals surface area contributed by atoms with Crippen LogP contribution in [0.25, 0.3) is 0 Å². The molecule has 1 aromatic carbocycles. The van der Waals surface area contributed by atoms with Crippen molar-refractivity contribution in [1.82, 2.24) is 4.31 Å². The molecular formula is C14H14BrNO4S. The number of cyclic esters (lactones) is 1. The molecule has 0 amide bonds. The first-order valence-electron chi connectivity index (χ1n) is 6.21. The van der Waals surface area contributed by atoms with Gasteiger partial charge in [0.1, 0.15) is 12.6 Å². The van der Waals surface area contributed by atoms with E-state index in [1.165, 1.54) is 23.2 Å². The molecule has 1 atom stereocenters. The van der Waals surface area contributed by atoms with Crippen molar-refractivity contribution in [2.24, 2.45) is 0 Å². The lowest BCUT2D eigenvalue weighted by Gasteiger charge is -2.29. The predicted molar refractivity (Wildman–Crippen MR) is 81.4 cm³/mol. The molecule has 1 fully saturated rings. The molecule has 0 bridgehead atoms. The Morgan fingerprint density at radius 1 is 1.38 bits per heavy atom. The van der Waals surface area contributed by atoms with E-state index in [2.05, 4.69) is 21.7 Å². The van der Waals surface area contributed by atoms with E-state index in [0.29, 0.717) is 0 Å². The Bertz CT molecular complexity index is 690.